The van der Waals surface area contributed by atoms with Crippen LogP contribution in [0, 0.1) is 0 Å². The van der Waals surface area contributed by atoms with E-state index in [1.165, 1.54) is 4.90 Å². The molecule has 0 bridgehead atoms. The largest absolute Gasteiger partial charge is 0.480 e. The molecule has 0 radical (unpaired) electrons. The summed E-state index contributed by atoms with van der Waals surface area (Å²) in [6, 6.07) is 6.69. The number of hydrogen-bond donors (Lipinski definition) is 3. The number of nitrogens with two attached hydrogens (primary N) is 1. The Labute approximate surface area is 123 Å². The lowest BCUT2D eigenvalue weighted by Gasteiger charge is -2.24. The fourth-order valence-corrected chi connectivity index (χ4v) is 1.95. The smallest absolute Gasteiger partial charge is 0.323 e. The van der Waals surface area contributed by atoms with Gasteiger partial charge in [0.05, 0.1) is 24.5 Å². The number of nitrogens with one attached hydrogen (secondary N) is 1. The van der Waals surface area contributed by atoms with Crippen LogP contribution in [0.2, 0.25) is 0 Å². The van der Waals surface area contributed by atoms with Crippen molar-refractivity contribution in [2.75, 3.05) is 37.4 Å². The van der Waals surface area contributed by atoms with Crippen molar-refractivity contribution in [3.05, 3.63) is 24.3 Å². The van der Waals surface area contributed by atoms with E-state index in [1.807, 2.05) is 0 Å². The molecular formula is C14H21N3O4. The van der Waals surface area contributed by atoms with Crippen LogP contribution in [0.15, 0.2) is 24.3 Å². The molecule has 7 nitrogen and oxygen atoms in total. The van der Waals surface area contributed by atoms with Gasteiger partial charge in [-0.2, -0.15) is 0 Å². The molecule has 1 rings (SSSR count). The molecule has 1 aromatic rings. The number of nitrogens with zero attached hydrogens (tertiary/aromatic N) is 1. The van der Waals surface area contributed by atoms with Crippen LogP contribution in [-0.4, -0.2) is 49.8 Å². The summed E-state index contributed by atoms with van der Waals surface area (Å²) in [5, 5.41) is 11.7. The van der Waals surface area contributed by atoms with Gasteiger partial charge in [0.15, 0.2) is 0 Å². The van der Waals surface area contributed by atoms with Crippen molar-refractivity contribution in [1.29, 1.82) is 0 Å². The zero-order chi connectivity index (χ0) is 15.8. The summed E-state index contributed by atoms with van der Waals surface area (Å²) in [5.74, 6) is -1.32. The number of para-hydroxylation sites is 2. The van der Waals surface area contributed by atoms with Gasteiger partial charge in [0.2, 0.25) is 5.91 Å². The molecule has 4 N–H and O–H groups in total. The van der Waals surface area contributed by atoms with Crippen molar-refractivity contribution >= 4 is 23.3 Å². The average Bonchev–Trinajstić information content (AvgIpc) is 2.38. The predicted molar refractivity (Wildman–Crippen MR) is 80.2 cm³/mol. The fourth-order valence-electron chi connectivity index (χ4n) is 1.95. The molecular weight excluding hydrogens is 274 g/mol. The van der Waals surface area contributed by atoms with Crippen LogP contribution in [0.1, 0.15) is 6.92 Å². The molecule has 116 valence electrons. The predicted octanol–water partition coefficient (Wildman–Crippen LogP) is 0.311. The third kappa shape index (κ3) is 5.70. The Bertz CT molecular complexity index is 493. The summed E-state index contributed by atoms with van der Waals surface area (Å²) in [5.41, 5.74) is 6.79. The topological polar surface area (TPSA) is 105 Å². The number of carboxylic acid groups (broad SMARTS) is 1. The van der Waals surface area contributed by atoms with E-state index in [-0.39, 0.29) is 25.0 Å². The minimum Gasteiger partial charge on any atom is -0.480 e. The zero-order valence-electron chi connectivity index (χ0n) is 12.2. The maximum Gasteiger partial charge on any atom is 0.323 e. The van der Waals surface area contributed by atoms with Gasteiger partial charge in [-0.05, 0) is 19.1 Å². The van der Waals surface area contributed by atoms with Crippen molar-refractivity contribution in [1.82, 2.24) is 5.32 Å². The molecule has 0 aliphatic heterocycles. The summed E-state index contributed by atoms with van der Waals surface area (Å²) in [4.78, 5) is 24.4. The summed E-state index contributed by atoms with van der Waals surface area (Å²) in [7, 11) is 1.55. The Kier molecular flexibility index (Phi) is 6.48. The number of carboxylic acids is 1. The highest BCUT2D eigenvalue weighted by Gasteiger charge is 2.17. The number of benzene rings is 1. The van der Waals surface area contributed by atoms with Crippen molar-refractivity contribution < 1.29 is 19.4 Å². The molecule has 1 unspecified atom stereocenters. The number of rotatable bonds is 8. The van der Waals surface area contributed by atoms with E-state index in [2.05, 4.69) is 5.32 Å². The summed E-state index contributed by atoms with van der Waals surface area (Å²) >= 11 is 0. The van der Waals surface area contributed by atoms with Crippen LogP contribution in [0.4, 0.5) is 11.4 Å². The number of ether oxygens (including phenoxy) is 1. The summed E-state index contributed by atoms with van der Waals surface area (Å²) < 4.78 is 4.94. The Morgan fingerprint density at radius 1 is 1.38 bits per heavy atom. The van der Waals surface area contributed by atoms with Gasteiger partial charge in [-0.25, -0.2) is 0 Å². The van der Waals surface area contributed by atoms with E-state index in [9.17, 15) is 9.59 Å². The number of carbonyl (C=O) groups excluding carboxylic acids is 1. The van der Waals surface area contributed by atoms with Crippen molar-refractivity contribution in [2.24, 2.45) is 0 Å². The first-order valence-electron chi connectivity index (χ1n) is 6.53. The van der Waals surface area contributed by atoms with Crippen LogP contribution in [-0.2, 0) is 14.3 Å². The van der Waals surface area contributed by atoms with Gasteiger partial charge >= 0.3 is 5.97 Å². The maximum absolute atomic E-state index is 12.0. The average molecular weight is 295 g/mol. The number of amides is 1. The molecule has 21 heavy (non-hydrogen) atoms. The van der Waals surface area contributed by atoms with E-state index < -0.39 is 5.97 Å². The molecule has 0 aliphatic carbocycles. The number of hydrogen-bond acceptors (Lipinski definition) is 5. The third-order valence-corrected chi connectivity index (χ3v) is 2.76. The second-order valence-corrected chi connectivity index (χ2v) is 4.73. The van der Waals surface area contributed by atoms with Crippen LogP contribution < -0.4 is 16.0 Å². The van der Waals surface area contributed by atoms with Gasteiger partial charge in [0.25, 0.3) is 0 Å². The van der Waals surface area contributed by atoms with Crippen LogP contribution in [0.3, 0.4) is 0 Å². The zero-order valence-corrected chi connectivity index (χ0v) is 12.2. The van der Waals surface area contributed by atoms with Gasteiger partial charge in [-0.3, -0.25) is 9.59 Å². The van der Waals surface area contributed by atoms with Gasteiger partial charge < -0.3 is 25.8 Å². The van der Waals surface area contributed by atoms with E-state index in [1.54, 1.807) is 38.3 Å². The molecule has 0 heterocycles. The van der Waals surface area contributed by atoms with E-state index in [0.29, 0.717) is 18.0 Å². The SMILES string of the molecule is COCC(C)NC(=O)CN(CC(=O)O)c1ccccc1N. The number of methoxy groups -OCH3 is 1. The monoisotopic (exact) mass is 295 g/mol. The number of nitrogen functional groups attached to an aromatic ring is 1. The Morgan fingerprint density at radius 3 is 2.62 bits per heavy atom. The number of carbonyl (C=O) groups is 2. The van der Waals surface area contributed by atoms with E-state index in [0.717, 1.165) is 0 Å². The maximum atomic E-state index is 12.0. The Morgan fingerprint density at radius 2 is 2.05 bits per heavy atom. The van der Waals surface area contributed by atoms with Crippen molar-refractivity contribution in [3.8, 4) is 0 Å². The van der Waals surface area contributed by atoms with Crippen LogP contribution in [0.5, 0.6) is 0 Å². The standard InChI is InChI=1S/C14H21N3O4/c1-10(9-21-2)16-13(18)7-17(8-14(19)20)12-6-4-3-5-11(12)15/h3-6,10H,7-9,15H2,1-2H3,(H,16,18)(H,19,20). The molecule has 1 atom stereocenters. The van der Waals surface area contributed by atoms with Crippen molar-refractivity contribution in [3.63, 3.8) is 0 Å². The number of aliphatic carboxylic acids is 1. The molecule has 0 aliphatic rings. The van der Waals surface area contributed by atoms with Crippen LogP contribution in [0.25, 0.3) is 0 Å². The summed E-state index contributed by atoms with van der Waals surface area (Å²) in [6.07, 6.45) is 0. The highest BCUT2D eigenvalue weighted by Crippen LogP contribution is 2.21. The first-order valence-corrected chi connectivity index (χ1v) is 6.53. The van der Waals surface area contributed by atoms with Gasteiger partial charge in [0, 0.05) is 13.2 Å². The molecule has 0 aromatic heterocycles. The molecule has 7 heteroatoms. The lowest BCUT2D eigenvalue weighted by molar-refractivity contribution is -0.135. The second-order valence-electron chi connectivity index (χ2n) is 4.73. The molecule has 1 aromatic carbocycles. The minimum absolute atomic E-state index is 0.0887. The van der Waals surface area contributed by atoms with Crippen LogP contribution >= 0.6 is 0 Å². The highest BCUT2D eigenvalue weighted by molar-refractivity contribution is 5.86. The van der Waals surface area contributed by atoms with Gasteiger partial charge in [-0.15, -0.1) is 0 Å². The first-order chi connectivity index (χ1) is 9.93. The third-order valence-electron chi connectivity index (χ3n) is 2.76. The van der Waals surface area contributed by atoms with Gasteiger partial charge in [0.1, 0.15) is 6.54 Å². The number of anilines is 2. The quantitative estimate of drug-likeness (QED) is 0.596. The first kappa shape index (κ1) is 16.8. The lowest BCUT2D eigenvalue weighted by Crippen LogP contribution is -2.44. The highest BCUT2D eigenvalue weighted by atomic mass is 16.5. The van der Waals surface area contributed by atoms with Gasteiger partial charge in [-0.1, -0.05) is 12.1 Å². The van der Waals surface area contributed by atoms with E-state index >= 15 is 0 Å². The van der Waals surface area contributed by atoms with Crippen molar-refractivity contribution in [2.45, 2.75) is 13.0 Å². The molecule has 0 spiro atoms. The Hall–Kier alpha value is -2.28. The summed E-state index contributed by atoms with van der Waals surface area (Å²) in [6.45, 7) is 1.80. The Balaban J connectivity index is 2.77. The second kappa shape index (κ2) is 8.11. The molecule has 1 amide bonds. The minimum atomic E-state index is -1.03. The normalized spacial score (nSPS) is 11.7. The molecule has 0 saturated carbocycles. The van der Waals surface area contributed by atoms with E-state index in [4.69, 9.17) is 15.6 Å². The fraction of sp³-hybridized carbons (Fsp3) is 0.429. The molecule has 0 saturated heterocycles. The molecule has 0 fully saturated rings. The lowest BCUT2D eigenvalue weighted by atomic mass is 10.2.